The Morgan fingerprint density at radius 2 is 2.20 bits per heavy atom. The van der Waals surface area contributed by atoms with Crippen LogP contribution in [0.25, 0.3) is 0 Å². The Kier molecular flexibility index (Phi) is 4.28. The zero-order chi connectivity index (χ0) is 14.4. The third kappa shape index (κ3) is 3.80. The van der Waals surface area contributed by atoms with E-state index >= 15 is 0 Å². The monoisotopic (exact) mass is 275 g/mol. The number of nitrogens with one attached hydrogen (secondary N) is 3. The molecule has 0 fully saturated rings. The summed E-state index contributed by atoms with van der Waals surface area (Å²) in [6.45, 7) is 0.408. The van der Waals surface area contributed by atoms with E-state index in [1.54, 1.807) is 12.4 Å². The fraction of sp³-hybridized carbons (Fsp3) is 0.167. The molecule has 0 spiro atoms. The van der Waals surface area contributed by atoms with Crippen LogP contribution in [0, 0.1) is 0 Å². The summed E-state index contributed by atoms with van der Waals surface area (Å²) in [5.74, 6) is -0.320. The summed E-state index contributed by atoms with van der Waals surface area (Å²) in [6.07, 6.45) is 6.51. The quantitative estimate of drug-likeness (QED) is 0.645. The average molecular weight is 275 g/mol. The van der Waals surface area contributed by atoms with Crippen LogP contribution in [0.3, 0.4) is 0 Å². The van der Waals surface area contributed by atoms with E-state index in [4.69, 9.17) is 5.11 Å². The standard InChI is InChI=1S/C12H13N5O3/c18-11(19)8-5-9(7-13-6-8)17-12(20)16-2-1-10-14-3-4-15-10/h3-7H,1-2H2,(H,14,15)(H,18,19)(H2,16,17,20). The van der Waals surface area contributed by atoms with E-state index in [-0.39, 0.29) is 5.56 Å². The highest BCUT2D eigenvalue weighted by Crippen LogP contribution is 2.07. The van der Waals surface area contributed by atoms with Crippen molar-refractivity contribution in [1.82, 2.24) is 20.3 Å². The molecule has 0 aliphatic heterocycles. The van der Waals surface area contributed by atoms with Gasteiger partial charge >= 0.3 is 12.0 Å². The average Bonchev–Trinajstić information content (AvgIpc) is 2.92. The van der Waals surface area contributed by atoms with Gasteiger partial charge in [-0.15, -0.1) is 0 Å². The number of imidazole rings is 1. The molecular formula is C12H13N5O3. The number of anilines is 1. The number of rotatable bonds is 5. The summed E-state index contributed by atoms with van der Waals surface area (Å²) in [5.41, 5.74) is 0.332. The molecule has 4 N–H and O–H groups in total. The molecular weight excluding hydrogens is 262 g/mol. The molecule has 0 unspecified atom stereocenters. The lowest BCUT2D eigenvalue weighted by atomic mass is 10.2. The van der Waals surface area contributed by atoms with Gasteiger partial charge in [0.15, 0.2) is 0 Å². The van der Waals surface area contributed by atoms with Gasteiger partial charge in [0.2, 0.25) is 0 Å². The molecule has 8 heteroatoms. The van der Waals surface area contributed by atoms with Crippen molar-refractivity contribution >= 4 is 17.7 Å². The fourth-order valence-corrected chi connectivity index (χ4v) is 1.53. The van der Waals surface area contributed by atoms with Crippen LogP contribution in [0.2, 0.25) is 0 Å². The van der Waals surface area contributed by atoms with Gasteiger partial charge in [0.1, 0.15) is 5.82 Å². The number of hydrogen-bond donors (Lipinski definition) is 4. The Bertz CT molecular complexity index is 597. The SMILES string of the molecule is O=C(NCCc1ncc[nH]1)Nc1cncc(C(=O)O)c1. The van der Waals surface area contributed by atoms with Gasteiger partial charge in [0.05, 0.1) is 17.4 Å². The van der Waals surface area contributed by atoms with Crippen molar-refractivity contribution in [3.8, 4) is 0 Å². The van der Waals surface area contributed by atoms with Gasteiger partial charge in [0, 0.05) is 31.6 Å². The molecule has 0 atom stereocenters. The summed E-state index contributed by atoms with van der Waals surface area (Å²) < 4.78 is 0. The Labute approximate surface area is 114 Å². The summed E-state index contributed by atoms with van der Waals surface area (Å²) in [4.78, 5) is 33.0. The maximum Gasteiger partial charge on any atom is 0.337 e. The zero-order valence-electron chi connectivity index (χ0n) is 10.5. The van der Waals surface area contributed by atoms with Crippen molar-refractivity contribution in [3.05, 3.63) is 42.2 Å². The first-order valence-electron chi connectivity index (χ1n) is 5.86. The van der Waals surface area contributed by atoms with Crippen LogP contribution in [0.1, 0.15) is 16.2 Å². The molecule has 20 heavy (non-hydrogen) atoms. The highest BCUT2D eigenvalue weighted by molar-refractivity contribution is 5.92. The predicted molar refractivity (Wildman–Crippen MR) is 70.5 cm³/mol. The number of carboxylic acids is 1. The van der Waals surface area contributed by atoms with Gasteiger partial charge in [-0.25, -0.2) is 14.6 Å². The minimum Gasteiger partial charge on any atom is -0.478 e. The topological polar surface area (TPSA) is 120 Å². The summed E-state index contributed by atoms with van der Waals surface area (Å²) in [7, 11) is 0. The van der Waals surface area contributed by atoms with Gasteiger partial charge in [-0.3, -0.25) is 4.98 Å². The van der Waals surface area contributed by atoms with E-state index in [2.05, 4.69) is 25.6 Å². The molecule has 0 bridgehead atoms. The highest BCUT2D eigenvalue weighted by Gasteiger charge is 2.06. The number of amides is 2. The third-order valence-corrected chi connectivity index (χ3v) is 2.45. The van der Waals surface area contributed by atoms with E-state index in [0.29, 0.717) is 18.7 Å². The van der Waals surface area contributed by atoms with E-state index in [9.17, 15) is 9.59 Å². The molecule has 0 saturated carbocycles. The second-order valence-electron chi connectivity index (χ2n) is 3.93. The molecule has 0 aromatic carbocycles. The van der Waals surface area contributed by atoms with Gasteiger partial charge in [-0.1, -0.05) is 0 Å². The van der Waals surface area contributed by atoms with Crippen molar-refractivity contribution in [2.24, 2.45) is 0 Å². The van der Waals surface area contributed by atoms with Crippen LogP contribution >= 0.6 is 0 Å². The largest absolute Gasteiger partial charge is 0.478 e. The highest BCUT2D eigenvalue weighted by atomic mass is 16.4. The van der Waals surface area contributed by atoms with E-state index in [1.165, 1.54) is 18.5 Å². The van der Waals surface area contributed by atoms with Gasteiger partial charge in [0.25, 0.3) is 0 Å². The number of aromatic nitrogens is 3. The summed E-state index contributed by atoms with van der Waals surface area (Å²) in [5, 5.41) is 14.0. The number of carboxylic acid groups (broad SMARTS) is 1. The summed E-state index contributed by atoms with van der Waals surface area (Å²) >= 11 is 0. The minimum absolute atomic E-state index is 0.0124. The minimum atomic E-state index is -1.10. The Balaban J connectivity index is 1.82. The molecule has 0 radical (unpaired) electrons. The molecule has 0 aliphatic rings. The first kappa shape index (κ1) is 13.5. The van der Waals surface area contributed by atoms with Crippen molar-refractivity contribution in [2.45, 2.75) is 6.42 Å². The molecule has 2 heterocycles. The van der Waals surface area contributed by atoms with Crippen LogP contribution < -0.4 is 10.6 Å². The van der Waals surface area contributed by atoms with Crippen LogP contribution in [-0.2, 0) is 6.42 Å². The second-order valence-corrected chi connectivity index (χ2v) is 3.93. The number of aromatic carboxylic acids is 1. The van der Waals surface area contributed by atoms with Crippen LogP contribution in [0.15, 0.2) is 30.9 Å². The second kappa shape index (κ2) is 6.32. The molecule has 2 aromatic rings. The van der Waals surface area contributed by atoms with Crippen LogP contribution in [0.4, 0.5) is 10.5 Å². The molecule has 2 rings (SSSR count). The van der Waals surface area contributed by atoms with Crippen LogP contribution in [0.5, 0.6) is 0 Å². The van der Waals surface area contributed by atoms with Gasteiger partial charge < -0.3 is 20.7 Å². The molecule has 2 aromatic heterocycles. The number of nitrogens with zero attached hydrogens (tertiary/aromatic N) is 2. The van der Waals surface area contributed by atoms with E-state index in [1.807, 2.05) is 0 Å². The zero-order valence-corrected chi connectivity index (χ0v) is 10.5. The lowest BCUT2D eigenvalue weighted by molar-refractivity contribution is 0.0696. The maximum absolute atomic E-state index is 11.6. The molecule has 104 valence electrons. The Morgan fingerprint density at radius 1 is 1.35 bits per heavy atom. The normalized spacial score (nSPS) is 10.0. The summed E-state index contributed by atoms with van der Waals surface area (Å²) in [6, 6.07) is 0.905. The molecule has 8 nitrogen and oxygen atoms in total. The van der Waals surface area contributed by atoms with Gasteiger partial charge in [-0.05, 0) is 6.07 Å². The maximum atomic E-state index is 11.6. The number of aromatic amines is 1. The Morgan fingerprint density at radius 3 is 2.90 bits per heavy atom. The number of hydrogen-bond acceptors (Lipinski definition) is 4. The number of pyridine rings is 1. The number of carbonyl (C=O) groups is 2. The molecule has 0 saturated heterocycles. The molecule has 0 aliphatic carbocycles. The van der Waals surface area contributed by atoms with Gasteiger partial charge in [-0.2, -0.15) is 0 Å². The smallest absolute Gasteiger partial charge is 0.337 e. The van der Waals surface area contributed by atoms with Crippen molar-refractivity contribution in [1.29, 1.82) is 0 Å². The molecule has 2 amide bonds. The number of carbonyl (C=O) groups excluding carboxylic acids is 1. The first-order valence-corrected chi connectivity index (χ1v) is 5.86. The van der Waals surface area contributed by atoms with Crippen molar-refractivity contribution in [3.63, 3.8) is 0 Å². The fourth-order valence-electron chi connectivity index (χ4n) is 1.53. The predicted octanol–water partition coefficient (Wildman–Crippen LogP) is 0.867. The number of urea groups is 1. The van der Waals surface area contributed by atoms with Crippen LogP contribution in [-0.4, -0.2) is 38.6 Å². The lowest BCUT2D eigenvalue weighted by Crippen LogP contribution is -2.30. The van der Waals surface area contributed by atoms with Crippen molar-refractivity contribution in [2.75, 3.05) is 11.9 Å². The van der Waals surface area contributed by atoms with Crippen molar-refractivity contribution < 1.29 is 14.7 Å². The number of H-pyrrole nitrogens is 1. The third-order valence-electron chi connectivity index (χ3n) is 2.45. The van der Waals surface area contributed by atoms with E-state index < -0.39 is 12.0 Å². The lowest BCUT2D eigenvalue weighted by Gasteiger charge is -2.07. The Hall–Kier alpha value is -2.90. The first-order chi connectivity index (χ1) is 9.65. The van der Waals surface area contributed by atoms with E-state index in [0.717, 1.165) is 5.82 Å².